The fraction of sp³-hybridized carbons (Fsp3) is 0.643. The van der Waals surface area contributed by atoms with Crippen LogP contribution in [0.1, 0.15) is 29.9 Å². The van der Waals surface area contributed by atoms with Gasteiger partial charge in [0.1, 0.15) is 0 Å². The van der Waals surface area contributed by atoms with Crippen molar-refractivity contribution in [2.24, 2.45) is 0 Å². The molecule has 1 aromatic heterocycles. The Balaban J connectivity index is 1.63. The summed E-state index contributed by atoms with van der Waals surface area (Å²) < 4.78 is 5.70. The van der Waals surface area contributed by atoms with E-state index in [0.717, 1.165) is 37.5 Å². The molecule has 4 nitrogen and oxygen atoms in total. The summed E-state index contributed by atoms with van der Waals surface area (Å²) in [5.41, 5.74) is 0. The fourth-order valence-electron chi connectivity index (χ4n) is 2.47. The number of amides is 1. The second kappa shape index (κ2) is 7.03. The van der Waals surface area contributed by atoms with Gasteiger partial charge in [0.15, 0.2) is 0 Å². The number of nitrogens with zero attached hydrogens (tertiary/aromatic N) is 1. The number of thiophene rings is 1. The molecule has 0 aromatic carbocycles. The molecule has 5 heteroatoms. The lowest BCUT2D eigenvalue weighted by molar-refractivity contribution is -0.0679. The van der Waals surface area contributed by atoms with Crippen LogP contribution in [0.5, 0.6) is 0 Å². The van der Waals surface area contributed by atoms with E-state index < -0.39 is 0 Å². The van der Waals surface area contributed by atoms with Crippen LogP contribution in [-0.2, 0) is 4.74 Å². The van der Waals surface area contributed by atoms with Gasteiger partial charge in [-0.15, -0.1) is 11.3 Å². The summed E-state index contributed by atoms with van der Waals surface area (Å²) >= 11 is 1.48. The SMILES string of the molecule is C[C@@H]1CN(CCCNC(=O)c2cccs2)C[C@@H](C)O1. The van der Waals surface area contributed by atoms with Gasteiger partial charge in [-0.1, -0.05) is 6.07 Å². The van der Waals surface area contributed by atoms with Crippen LogP contribution in [0.15, 0.2) is 17.5 Å². The molecular formula is C14H22N2O2S. The summed E-state index contributed by atoms with van der Waals surface area (Å²) in [6.45, 7) is 7.95. The lowest BCUT2D eigenvalue weighted by Crippen LogP contribution is -2.46. The van der Waals surface area contributed by atoms with E-state index in [-0.39, 0.29) is 5.91 Å². The highest BCUT2D eigenvalue weighted by atomic mass is 32.1. The van der Waals surface area contributed by atoms with Gasteiger partial charge in [-0.05, 0) is 31.7 Å². The zero-order valence-electron chi connectivity index (χ0n) is 11.6. The quantitative estimate of drug-likeness (QED) is 0.840. The Morgan fingerprint density at radius 3 is 2.84 bits per heavy atom. The van der Waals surface area contributed by atoms with Crippen LogP contribution in [0.4, 0.5) is 0 Å². The molecule has 0 radical (unpaired) electrons. The van der Waals surface area contributed by atoms with Gasteiger partial charge in [0, 0.05) is 26.2 Å². The van der Waals surface area contributed by atoms with E-state index in [1.165, 1.54) is 11.3 Å². The Morgan fingerprint density at radius 1 is 1.47 bits per heavy atom. The summed E-state index contributed by atoms with van der Waals surface area (Å²) in [6.07, 6.45) is 1.60. The van der Waals surface area contributed by atoms with Crippen molar-refractivity contribution in [3.63, 3.8) is 0 Å². The second-order valence-electron chi connectivity index (χ2n) is 5.10. The van der Waals surface area contributed by atoms with Crippen molar-refractivity contribution < 1.29 is 9.53 Å². The molecule has 1 saturated heterocycles. The Kier molecular flexibility index (Phi) is 5.36. The number of carbonyl (C=O) groups excluding carboxylic acids is 1. The van der Waals surface area contributed by atoms with Crippen LogP contribution in [0, 0.1) is 0 Å². The summed E-state index contributed by atoms with van der Waals surface area (Å²) in [4.78, 5) is 14.9. The third kappa shape index (κ3) is 4.60. The first-order valence-electron chi connectivity index (χ1n) is 6.84. The Labute approximate surface area is 118 Å². The van der Waals surface area contributed by atoms with Gasteiger partial charge >= 0.3 is 0 Å². The molecule has 2 heterocycles. The van der Waals surface area contributed by atoms with Crippen LogP contribution < -0.4 is 5.32 Å². The third-order valence-corrected chi connectivity index (χ3v) is 4.05. The van der Waals surface area contributed by atoms with Gasteiger partial charge in [-0.25, -0.2) is 0 Å². The first-order chi connectivity index (χ1) is 9.15. The van der Waals surface area contributed by atoms with Gasteiger partial charge in [0.05, 0.1) is 17.1 Å². The molecule has 19 heavy (non-hydrogen) atoms. The molecule has 0 spiro atoms. The maximum absolute atomic E-state index is 11.7. The van der Waals surface area contributed by atoms with Crippen LogP contribution in [0.3, 0.4) is 0 Å². The van der Waals surface area contributed by atoms with E-state index in [0.29, 0.717) is 12.2 Å². The highest BCUT2D eigenvalue weighted by Crippen LogP contribution is 2.11. The smallest absolute Gasteiger partial charge is 0.261 e. The molecule has 0 bridgehead atoms. The van der Waals surface area contributed by atoms with Crippen molar-refractivity contribution in [3.05, 3.63) is 22.4 Å². The van der Waals surface area contributed by atoms with Gasteiger partial charge in [-0.3, -0.25) is 9.69 Å². The minimum Gasteiger partial charge on any atom is -0.373 e. The highest BCUT2D eigenvalue weighted by molar-refractivity contribution is 7.12. The lowest BCUT2D eigenvalue weighted by atomic mass is 10.2. The zero-order chi connectivity index (χ0) is 13.7. The first-order valence-corrected chi connectivity index (χ1v) is 7.72. The normalized spacial score (nSPS) is 24.3. The van der Waals surface area contributed by atoms with E-state index in [1.807, 2.05) is 17.5 Å². The highest BCUT2D eigenvalue weighted by Gasteiger charge is 2.21. The summed E-state index contributed by atoms with van der Waals surface area (Å²) in [6, 6.07) is 3.75. The van der Waals surface area contributed by atoms with Crippen molar-refractivity contribution >= 4 is 17.2 Å². The van der Waals surface area contributed by atoms with Crippen molar-refractivity contribution in [2.45, 2.75) is 32.5 Å². The third-order valence-electron chi connectivity index (χ3n) is 3.18. The monoisotopic (exact) mass is 282 g/mol. The molecule has 0 unspecified atom stereocenters. The van der Waals surface area contributed by atoms with Crippen molar-refractivity contribution in [2.75, 3.05) is 26.2 Å². The Bertz CT molecular complexity index is 384. The molecule has 2 rings (SSSR count). The predicted octanol–water partition coefficient (Wildman–Crippen LogP) is 1.98. The maximum Gasteiger partial charge on any atom is 0.261 e. The Morgan fingerprint density at radius 2 is 2.21 bits per heavy atom. The molecule has 1 N–H and O–H groups in total. The largest absolute Gasteiger partial charge is 0.373 e. The molecule has 1 aliphatic rings. The molecular weight excluding hydrogens is 260 g/mol. The van der Waals surface area contributed by atoms with Crippen LogP contribution in [0.25, 0.3) is 0 Å². The number of hydrogen-bond acceptors (Lipinski definition) is 4. The minimum absolute atomic E-state index is 0.0405. The number of carbonyl (C=O) groups is 1. The summed E-state index contributed by atoms with van der Waals surface area (Å²) in [5.74, 6) is 0.0405. The van der Waals surface area contributed by atoms with Crippen LogP contribution in [-0.4, -0.2) is 49.2 Å². The van der Waals surface area contributed by atoms with E-state index in [2.05, 4.69) is 24.1 Å². The zero-order valence-corrected chi connectivity index (χ0v) is 12.4. The number of morpholine rings is 1. The molecule has 1 amide bonds. The predicted molar refractivity (Wildman–Crippen MR) is 77.7 cm³/mol. The minimum atomic E-state index is 0.0405. The van der Waals surface area contributed by atoms with Crippen molar-refractivity contribution in [1.82, 2.24) is 10.2 Å². The lowest BCUT2D eigenvalue weighted by Gasteiger charge is -2.35. The number of ether oxygens (including phenoxy) is 1. The average molecular weight is 282 g/mol. The average Bonchev–Trinajstić information content (AvgIpc) is 2.87. The molecule has 1 fully saturated rings. The number of nitrogens with one attached hydrogen (secondary N) is 1. The van der Waals surface area contributed by atoms with Gasteiger partial charge in [-0.2, -0.15) is 0 Å². The second-order valence-corrected chi connectivity index (χ2v) is 6.05. The molecule has 0 saturated carbocycles. The molecule has 1 aliphatic heterocycles. The maximum atomic E-state index is 11.7. The van der Waals surface area contributed by atoms with E-state index >= 15 is 0 Å². The molecule has 1 aromatic rings. The van der Waals surface area contributed by atoms with Crippen LogP contribution in [0.2, 0.25) is 0 Å². The first kappa shape index (κ1) is 14.5. The molecule has 106 valence electrons. The van der Waals surface area contributed by atoms with Gasteiger partial charge in [0.25, 0.3) is 5.91 Å². The van der Waals surface area contributed by atoms with E-state index in [9.17, 15) is 4.79 Å². The van der Waals surface area contributed by atoms with Crippen molar-refractivity contribution in [1.29, 1.82) is 0 Å². The number of hydrogen-bond donors (Lipinski definition) is 1. The fourth-order valence-corrected chi connectivity index (χ4v) is 3.11. The Hall–Kier alpha value is -0.910. The van der Waals surface area contributed by atoms with Gasteiger partial charge < -0.3 is 10.1 Å². The molecule has 0 aliphatic carbocycles. The van der Waals surface area contributed by atoms with Crippen LogP contribution >= 0.6 is 11.3 Å². The molecule has 2 atom stereocenters. The number of rotatable bonds is 5. The topological polar surface area (TPSA) is 41.6 Å². The van der Waals surface area contributed by atoms with E-state index in [4.69, 9.17) is 4.74 Å². The summed E-state index contributed by atoms with van der Waals surface area (Å²) in [7, 11) is 0. The summed E-state index contributed by atoms with van der Waals surface area (Å²) in [5, 5.41) is 4.88. The standard InChI is InChI=1S/C14H22N2O2S/c1-11-9-16(10-12(2)18-11)7-4-6-15-14(17)13-5-3-8-19-13/h3,5,8,11-12H,4,6-7,9-10H2,1-2H3,(H,15,17)/t11-,12-/m1/s1. The van der Waals surface area contributed by atoms with Crippen molar-refractivity contribution in [3.8, 4) is 0 Å². The van der Waals surface area contributed by atoms with E-state index in [1.54, 1.807) is 0 Å². The van der Waals surface area contributed by atoms with Gasteiger partial charge in [0.2, 0.25) is 0 Å².